The van der Waals surface area contributed by atoms with E-state index in [9.17, 15) is 24.3 Å². The van der Waals surface area contributed by atoms with Crippen molar-refractivity contribution >= 4 is 62.8 Å². The number of aromatic hydroxyl groups is 1. The van der Waals surface area contributed by atoms with Crippen molar-refractivity contribution in [2.24, 2.45) is 17.8 Å². The van der Waals surface area contributed by atoms with Crippen LogP contribution in [-0.2, 0) is 32.1 Å². The molecule has 6 unspecified atom stereocenters. The summed E-state index contributed by atoms with van der Waals surface area (Å²) in [5.41, 5.74) is 2.27. The fourth-order valence-electron chi connectivity index (χ4n) is 7.25. The van der Waals surface area contributed by atoms with Crippen LogP contribution in [0.15, 0.2) is 72.8 Å². The number of hydrogen-bond donors (Lipinski definition) is 1. The molecule has 4 aliphatic rings. The molecule has 2 saturated heterocycles. The third-order valence-electron chi connectivity index (χ3n) is 9.12. The van der Waals surface area contributed by atoms with Gasteiger partial charge in [0.15, 0.2) is 9.75 Å². The molecule has 2 aliphatic carbocycles. The first-order valence-corrected chi connectivity index (χ1v) is 15.3. The number of amides is 4. The van der Waals surface area contributed by atoms with Crippen LogP contribution in [0.2, 0.25) is 0 Å². The minimum absolute atomic E-state index is 0.0721. The Morgan fingerprint density at radius 3 is 2.39 bits per heavy atom. The average Bonchev–Trinajstić information content (AvgIpc) is 3.28. The Kier molecular flexibility index (Phi) is 6.95. The second kappa shape index (κ2) is 10.1. The molecule has 212 valence electrons. The lowest BCUT2D eigenvalue weighted by Crippen LogP contribution is -2.60. The number of alkyl halides is 3. The zero-order valence-corrected chi connectivity index (χ0v) is 25.0. The summed E-state index contributed by atoms with van der Waals surface area (Å²) in [7, 11) is 0. The molecule has 2 heterocycles. The van der Waals surface area contributed by atoms with Crippen LogP contribution in [0.4, 0.5) is 0 Å². The van der Waals surface area contributed by atoms with Crippen LogP contribution >= 0.6 is 39.1 Å². The number of para-hydroxylation sites is 1. The highest BCUT2D eigenvalue weighted by atomic mass is 79.9. The lowest BCUT2D eigenvalue weighted by molar-refractivity contribution is -0.141. The SMILES string of the molecule is C=CCc1cccc(C2C3=CCC4C(=O)N(Cc5ccccc5)C(=O)C4C3CC3(Cl)C(=O)N(CBr)C(=O)C23Cl)c1O. The summed E-state index contributed by atoms with van der Waals surface area (Å²) in [5.74, 6) is -5.07. The molecular weight excluding hydrogens is 631 g/mol. The van der Waals surface area contributed by atoms with Gasteiger partial charge in [-0.3, -0.25) is 29.0 Å². The maximum Gasteiger partial charge on any atom is 0.254 e. The molecule has 3 fully saturated rings. The van der Waals surface area contributed by atoms with E-state index in [2.05, 4.69) is 22.5 Å². The predicted octanol–water partition coefficient (Wildman–Crippen LogP) is 5.03. The van der Waals surface area contributed by atoms with Crippen LogP contribution in [0.1, 0.15) is 35.4 Å². The number of phenols is 1. The smallest absolute Gasteiger partial charge is 0.254 e. The summed E-state index contributed by atoms with van der Waals surface area (Å²) in [6.07, 6.45) is 4.05. The first-order valence-electron chi connectivity index (χ1n) is 13.4. The summed E-state index contributed by atoms with van der Waals surface area (Å²) in [5, 5.41) is 11.4. The predicted molar refractivity (Wildman–Crippen MR) is 157 cm³/mol. The summed E-state index contributed by atoms with van der Waals surface area (Å²) < 4.78 is 0. The van der Waals surface area contributed by atoms with E-state index >= 15 is 0 Å². The Hall–Kier alpha value is -2.94. The maximum atomic E-state index is 14.0. The third-order valence-corrected chi connectivity index (χ3v) is 11.0. The summed E-state index contributed by atoms with van der Waals surface area (Å²) >= 11 is 17.7. The molecule has 2 aromatic carbocycles. The van der Waals surface area contributed by atoms with Crippen LogP contribution in [0.25, 0.3) is 0 Å². The average molecular weight is 658 g/mol. The molecule has 6 atom stereocenters. The van der Waals surface area contributed by atoms with Gasteiger partial charge in [-0.15, -0.1) is 29.8 Å². The topological polar surface area (TPSA) is 95.0 Å². The van der Waals surface area contributed by atoms with Crippen molar-refractivity contribution in [3.8, 4) is 5.75 Å². The van der Waals surface area contributed by atoms with Crippen LogP contribution in [0.3, 0.4) is 0 Å². The maximum absolute atomic E-state index is 14.0. The Balaban J connectivity index is 1.50. The van der Waals surface area contributed by atoms with Crippen molar-refractivity contribution in [1.82, 2.24) is 9.80 Å². The molecule has 7 nitrogen and oxygen atoms in total. The third kappa shape index (κ3) is 3.83. The second-order valence-corrected chi connectivity index (χ2v) is 12.8. The van der Waals surface area contributed by atoms with E-state index in [0.29, 0.717) is 23.1 Å². The van der Waals surface area contributed by atoms with E-state index < -0.39 is 45.2 Å². The van der Waals surface area contributed by atoms with Crippen molar-refractivity contribution in [3.05, 3.63) is 89.5 Å². The molecule has 2 aliphatic heterocycles. The van der Waals surface area contributed by atoms with Gasteiger partial charge in [0.2, 0.25) is 11.8 Å². The number of hydrogen-bond acceptors (Lipinski definition) is 5. The quantitative estimate of drug-likeness (QED) is 0.204. The minimum atomic E-state index is -1.96. The van der Waals surface area contributed by atoms with E-state index in [1.807, 2.05) is 36.4 Å². The number of likely N-dealkylation sites (tertiary alicyclic amines) is 2. The molecule has 0 spiro atoms. The van der Waals surface area contributed by atoms with Gasteiger partial charge >= 0.3 is 0 Å². The van der Waals surface area contributed by atoms with E-state index in [4.69, 9.17) is 23.2 Å². The molecule has 10 heteroatoms. The molecule has 0 aromatic heterocycles. The number of phenolic OH excluding ortho intramolecular Hbond substituents is 1. The standard InChI is InChI=1S/C31H27BrCl2N2O5/c1-2-7-18-10-6-11-21(25(18)37)24-19-12-13-20-23(27(39)35(26(20)38)15-17-8-4-3-5-9-17)22(19)14-30(33)28(40)36(16-32)29(41)31(24,30)34/h2-6,8-12,20,22-24,37H,1,7,13-16H2. The molecular formula is C31H27BrCl2N2O5. The number of imide groups is 2. The summed E-state index contributed by atoms with van der Waals surface area (Å²) in [6, 6.07) is 14.4. The van der Waals surface area contributed by atoms with Crippen LogP contribution in [0.5, 0.6) is 5.75 Å². The summed E-state index contributed by atoms with van der Waals surface area (Å²) in [4.78, 5) is 53.6. The number of nitrogens with zero attached hydrogens (tertiary/aromatic N) is 2. The molecule has 0 bridgehead atoms. The number of carbonyl (C=O) groups is 4. The first-order chi connectivity index (χ1) is 19.6. The van der Waals surface area contributed by atoms with Gasteiger partial charge in [-0.05, 0) is 36.3 Å². The molecule has 6 rings (SSSR count). The van der Waals surface area contributed by atoms with E-state index in [1.54, 1.807) is 24.3 Å². The van der Waals surface area contributed by atoms with E-state index in [1.165, 1.54) is 4.90 Å². The molecule has 1 saturated carbocycles. The van der Waals surface area contributed by atoms with Crippen LogP contribution in [-0.4, -0.2) is 53.7 Å². The van der Waals surface area contributed by atoms with Gasteiger partial charge in [0, 0.05) is 11.5 Å². The molecule has 1 N–H and O–H groups in total. The van der Waals surface area contributed by atoms with Gasteiger partial charge in [-0.2, -0.15) is 0 Å². The Morgan fingerprint density at radius 2 is 1.71 bits per heavy atom. The lowest BCUT2D eigenvalue weighted by atomic mass is 9.56. The van der Waals surface area contributed by atoms with Crippen LogP contribution in [0, 0.1) is 17.8 Å². The number of rotatable bonds is 6. The van der Waals surface area contributed by atoms with Gasteiger partial charge in [0.1, 0.15) is 5.75 Å². The van der Waals surface area contributed by atoms with Gasteiger partial charge in [-0.1, -0.05) is 82.2 Å². The summed E-state index contributed by atoms with van der Waals surface area (Å²) in [6.45, 7) is 3.90. The number of halogens is 3. The second-order valence-electron chi connectivity index (χ2n) is 11.1. The van der Waals surface area contributed by atoms with Gasteiger partial charge in [0.05, 0.1) is 23.8 Å². The highest BCUT2D eigenvalue weighted by Crippen LogP contribution is 2.66. The number of benzene rings is 2. The minimum Gasteiger partial charge on any atom is -0.507 e. The zero-order valence-electron chi connectivity index (χ0n) is 21.9. The monoisotopic (exact) mass is 656 g/mol. The number of carbonyl (C=O) groups excluding carboxylic acids is 4. The highest BCUT2D eigenvalue weighted by Gasteiger charge is 2.76. The van der Waals surface area contributed by atoms with Crippen molar-refractivity contribution in [3.63, 3.8) is 0 Å². The Bertz CT molecular complexity index is 1530. The lowest BCUT2D eigenvalue weighted by Gasteiger charge is -2.50. The fourth-order valence-corrected chi connectivity index (χ4v) is 8.67. The molecule has 4 amide bonds. The van der Waals surface area contributed by atoms with Crippen molar-refractivity contribution < 1.29 is 24.3 Å². The zero-order chi connectivity index (χ0) is 29.3. The van der Waals surface area contributed by atoms with E-state index in [0.717, 1.165) is 10.5 Å². The first kappa shape index (κ1) is 28.2. The van der Waals surface area contributed by atoms with Crippen LogP contribution < -0.4 is 0 Å². The van der Waals surface area contributed by atoms with Gasteiger partial charge in [0.25, 0.3) is 11.8 Å². The fraction of sp³-hybridized carbons (Fsp3) is 0.355. The van der Waals surface area contributed by atoms with Crippen molar-refractivity contribution in [2.45, 2.75) is 41.5 Å². The van der Waals surface area contributed by atoms with Crippen molar-refractivity contribution in [2.75, 3.05) is 5.45 Å². The molecule has 41 heavy (non-hydrogen) atoms. The molecule has 0 radical (unpaired) electrons. The Morgan fingerprint density at radius 1 is 0.976 bits per heavy atom. The Labute approximate surface area is 255 Å². The van der Waals surface area contributed by atoms with Crippen molar-refractivity contribution in [1.29, 1.82) is 0 Å². The largest absolute Gasteiger partial charge is 0.507 e. The number of fused-ring (bicyclic) bond motifs is 4. The highest BCUT2D eigenvalue weighted by molar-refractivity contribution is 9.09. The van der Waals surface area contributed by atoms with E-state index in [-0.39, 0.29) is 42.4 Å². The van der Waals surface area contributed by atoms with Gasteiger partial charge in [-0.25, -0.2) is 0 Å². The normalized spacial score (nSPS) is 32.5. The molecule has 2 aromatic rings. The van der Waals surface area contributed by atoms with Gasteiger partial charge < -0.3 is 5.11 Å². The number of allylic oxidation sites excluding steroid dienone is 3.